The lowest BCUT2D eigenvalue weighted by molar-refractivity contribution is 0.0762. The number of rotatable bonds is 4. The molecule has 2 aromatic rings. The molecule has 0 bridgehead atoms. The van der Waals surface area contributed by atoms with E-state index < -0.39 is 0 Å². The summed E-state index contributed by atoms with van der Waals surface area (Å²) in [5.41, 5.74) is 2.92. The third-order valence-electron chi connectivity index (χ3n) is 7.00. The van der Waals surface area contributed by atoms with E-state index in [1.807, 2.05) is 35.4 Å². The van der Waals surface area contributed by atoms with Gasteiger partial charge in [-0.05, 0) is 43.0 Å². The first-order valence-corrected chi connectivity index (χ1v) is 11.5. The van der Waals surface area contributed by atoms with Crippen LogP contribution < -0.4 is 9.64 Å². The molecule has 31 heavy (non-hydrogen) atoms. The minimum Gasteiger partial charge on any atom is -0.497 e. The molecule has 1 saturated carbocycles. The number of piperazine rings is 1. The largest absolute Gasteiger partial charge is 0.497 e. The molecule has 2 fully saturated rings. The van der Waals surface area contributed by atoms with Gasteiger partial charge in [-0.25, -0.2) is 9.97 Å². The van der Waals surface area contributed by atoms with E-state index in [0.717, 1.165) is 62.3 Å². The molecule has 3 heterocycles. The van der Waals surface area contributed by atoms with Gasteiger partial charge >= 0.3 is 0 Å². The van der Waals surface area contributed by atoms with Crippen LogP contribution in [0.4, 0.5) is 5.95 Å². The molecule has 0 radical (unpaired) electrons. The molecule has 7 nitrogen and oxygen atoms in total. The number of aromatic nitrogens is 2. The van der Waals surface area contributed by atoms with Gasteiger partial charge < -0.3 is 14.5 Å². The second kappa shape index (κ2) is 8.83. The highest BCUT2D eigenvalue weighted by Gasteiger charge is 2.29. The van der Waals surface area contributed by atoms with E-state index in [9.17, 15) is 4.79 Å². The van der Waals surface area contributed by atoms with E-state index in [4.69, 9.17) is 9.72 Å². The maximum Gasteiger partial charge on any atom is 0.254 e. The average Bonchev–Trinajstić information content (AvgIpc) is 3.00. The molecule has 1 saturated heterocycles. The molecular formula is C24H31N5O2. The van der Waals surface area contributed by atoms with Crippen molar-refractivity contribution in [3.8, 4) is 5.75 Å². The second-order valence-corrected chi connectivity index (χ2v) is 8.77. The van der Waals surface area contributed by atoms with Gasteiger partial charge in [-0.3, -0.25) is 9.69 Å². The van der Waals surface area contributed by atoms with Crippen LogP contribution in [0.15, 0.2) is 30.5 Å². The van der Waals surface area contributed by atoms with Crippen molar-refractivity contribution >= 4 is 11.9 Å². The lowest BCUT2D eigenvalue weighted by Gasteiger charge is -2.43. The summed E-state index contributed by atoms with van der Waals surface area (Å²) >= 11 is 0. The molecule has 7 heteroatoms. The minimum absolute atomic E-state index is 0.0482. The van der Waals surface area contributed by atoms with Crippen LogP contribution >= 0.6 is 0 Å². The molecule has 2 aliphatic heterocycles. The van der Waals surface area contributed by atoms with Crippen molar-refractivity contribution in [1.29, 1.82) is 0 Å². The van der Waals surface area contributed by atoms with Crippen molar-refractivity contribution in [2.45, 2.75) is 38.1 Å². The van der Waals surface area contributed by atoms with Crippen molar-refractivity contribution in [2.75, 3.05) is 51.3 Å². The standard InChI is InChI=1S/C24H31N5O2/c1-31-21-7-2-4-18(16-21)23(30)28-10-8-19-17-25-24(26-22(19)9-11-28)29-14-12-27(13-15-29)20-5-3-6-20/h2,4,7,16-17,20H,3,5-6,8-15H2,1H3. The first-order chi connectivity index (χ1) is 15.2. The Hall–Kier alpha value is -2.67. The summed E-state index contributed by atoms with van der Waals surface area (Å²) in [6.07, 6.45) is 7.65. The minimum atomic E-state index is 0.0482. The molecular weight excluding hydrogens is 390 g/mol. The summed E-state index contributed by atoms with van der Waals surface area (Å²) in [4.78, 5) is 29.5. The number of nitrogens with zero attached hydrogens (tertiary/aromatic N) is 5. The van der Waals surface area contributed by atoms with E-state index in [0.29, 0.717) is 24.4 Å². The van der Waals surface area contributed by atoms with Crippen LogP contribution in [-0.2, 0) is 12.8 Å². The molecule has 1 aliphatic carbocycles. The fourth-order valence-corrected chi connectivity index (χ4v) is 4.80. The molecule has 1 aromatic carbocycles. The van der Waals surface area contributed by atoms with Gasteiger partial charge in [0.15, 0.2) is 0 Å². The van der Waals surface area contributed by atoms with Gasteiger partial charge in [-0.15, -0.1) is 0 Å². The topological polar surface area (TPSA) is 61.8 Å². The Morgan fingerprint density at radius 2 is 1.87 bits per heavy atom. The van der Waals surface area contributed by atoms with Gasteiger partial charge in [0.2, 0.25) is 5.95 Å². The Balaban J connectivity index is 1.23. The zero-order valence-electron chi connectivity index (χ0n) is 18.3. The van der Waals surface area contributed by atoms with Gasteiger partial charge in [0.1, 0.15) is 5.75 Å². The normalized spacial score (nSPS) is 20.0. The predicted molar refractivity (Wildman–Crippen MR) is 120 cm³/mol. The van der Waals surface area contributed by atoms with Crippen LogP contribution in [0.25, 0.3) is 0 Å². The Bertz CT molecular complexity index is 937. The quantitative estimate of drug-likeness (QED) is 0.756. The Morgan fingerprint density at radius 3 is 2.61 bits per heavy atom. The maximum atomic E-state index is 13.0. The fourth-order valence-electron chi connectivity index (χ4n) is 4.80. The van der Waals surface area contributed by atoms with Gasteiger partial charge in [-0.1, -0.05) is 12.5 Å². The summed E-state index contributed by atoms with van der Waals surface area (Å²) in [6.45, 7) is 5.56. The molecule has 3 aliphatic rings. The van der Waals surface area contributed by atoms with Crippen molar-refractivity contribution in [3.63, 3.8) is 0 Å². The average molecular weight is 422 g/mol. The van der Waals surface area contributed by atoms with Crippen molar-refractivity contribution < 1.29 is 9.53 Å². The van der Waals surface area contributed by atoms with Crippen LogP contribution in [0.1, 0.15) is 40.9 Å². The number of anilines is 1. The molecule has 0 unspecified atom stereocenters. The van der Waals surface area contributed by atoms with Crippen molar-refractivity contribution in [1.82, 2.24) is 19.8 Å². The van der Waals surface area contributed by atoms with Crippen LogP contribution in [0.3, 0.4) is 0 Å². The van der Waals surface area contributed by atoms with Gasteiger partial charge in [-0.2, -0.15) is 0 Å². The number of carbonyl (C=O) groups excluding carboxylic acids is 1. The first kappa shape index (κ1) is 20.2. The molecule has 0 N–H and O–H groups in total. The number of fused-ring (bicyclic) bond motifs is 1. The van der Waals surface area contributed by atoms with Crippen molar-refractivity contribution in [2.24, 2.45) is 0 Å². The Labute approximate surface area is 184 Å². The van der Waals surface area contributed by atoms with E-state index in [1.165, 1.54) is 19.3 Å². The molecule has 1 amide bonds. The number of amides is 1. The lowest BCUT2D eigenvalue weighted by Crippen LogP contribution is -2.52. The fraction of sp³-hybridized carbons (Fsp3) is 0.542. The first-order valence-electron chi connectivity index (χ1n) is 11.5. The monoisotopic (exact) mass is 421 g/mol. The summed E-state index contributed by atoms with van der Waals surface area (Å²) < 4.78 is 5.27. The maximum absolute atomic E-state index is 13.0. The van der Waals surface area contributed by atoms with Crippen LogP contribution in [0, 0.1) is 0 Å². The number of ether oxygens (including phenoxy) is 1. The summed E-state index contributed by atoms with van der Waals surface area (Å²) in [7, 11) is 1.62. The predicted octanol–water partition coefficient (Wildman–Crippen LogP) is 2.40. The summed E-state index contributed by atoms with van der Waals surface area (Å²) in [5.74, 6) is 1.60. The SMILES string of the molecule is COc1cccc(C(=O)N2CCc3cnc(N4CCN(C5CCC5)CC4)nc3CC2)c1. The Morgan fingerprint density at radius 1 is 1.06 bits per heavy atom. The zero-order chi connectivity index (χ0) is 21.2. The third-order valence-corrected chi connectivity index (χ3v) is 7.00. The van der Waals surface area contributed by atoms with E-state index in [2.05, 4.69) is 14.8 Å². The highest BCUT2D eigenvalue weighted by Crippen LogP contribution is 2.26. The number of benzene rings is 1. The number of carbonyl (C=O) groups is 1. The highest BCUT2D eigenvalue weighted by molar-refractivity contribution is 5.94. The van der Waals surface area contributed by atoms with Crippen molar-refractivity contribution in [3.05, 3.63) is 47.3 Å². The number of hydrogen-bond donors (Lipinski definition) is 0. The highest BCUT2D eigenvalue weighted by atomic mass is 16.5. The molecule has 5 rings (SSSR count). The van der Waals surface area contributed by atoms with Crippen LogP contribution in [-0.4, -0.2) is 78.1 Å². The van der Waals surface area contributed by atoms with E-state index in [1.54, 1.807) is 7.11 Å². The molecule has 164 valence electrons. The smallest absolute Gasteiger partial charge is 0.254 e. The summed E-state index contributed by atoms with van der Waals surface area (Å²) in [6, 6.07) is 8.19. The number of hydrogen-bond acceptors (Lipinski definition) is 6. The molecule has 0 atom stereocenters. The van der Waals surface area contributed by atoms with Crippen LogP contribution in [0.2, 0.25) is 0 Å². The van der Waals surface area contributed by atoms with Gasteiger partial charge in [0.05, 0.1) is 12.8 Å². The van der Waals surface area contributed by atoms with Gasteiger partial charge in [0, 0.05) is 63.5 Å². The zero-order valence-corrected chi connectivity index (χ0v) is 18.3. The van der Waals surface area contributed by atoms with Crippen LogP contribution in [0.5, 0.6) is 5.75 Å². The van der Waals surface area contributed by atoms with E-state index in [-0.39, 0.29) is 5.91 Å². The third kappa shape index (κ3) is 4.24. The lowest BCUT2D eigenvalue weighted by atomic mass is 9.91. The Kier molecular flexibility index (Phi) is 5.76. The summed E-state index contributed by atoms with van der Waals surface area (Å²) in [5, 5.41) is 0. The van der Waals surface area contributed by atoms with Gasteiger partial charge in [0.25, 0.3) is 5.91 Å². The second-order valence-electron chi connectivity index (χ2n) is 8.77. The molecule has 1 aromatic heterocycles. The molecule has 0 spiro atoms. The number of methoxy groups -OCH3 is 1. The van der Waals surface area contributed by atoms with E-state index >= 15 is 0 Å².